The number of aromatic hydroxyl groups is 2. The number of hydrogen-bond donors (Lipinski definition) is 9. The van der Waals surface area contributed by atoms with Crippen molar-refractivity contribution in [2.45, 2.75) is 52.0 Å². The van der Waals surface area contributed by atoms with Crippen LogP contribution in [0.25, 0.3) is 0 Å². The summed E-state index contributed by atoms with van der Waals surface area (Å²) in [6.07, 6.45) is -2.75. The fourth-order valence-corrected chi connectivity index (χ4v) is 6.28. The van der Waals surface area contributed by atoms with E-state index in [1.54, 1.807) is 27.7 Å². The van der Waals surface area contributed by atoms with Gasteiger partial charge in [-0.3, -0.25) is 38.9 Å². The van der Waals surface area contributed by atoms with Gasteiger partial charge in [-0.25, -0.2) is 4.79 Å². The van der Waals surface area contributed by atoms with Crippen molar-refractivity contribution >= 4 is 69.8 Å². The molecule has 0 radical (unpaired) electrons. The summed E-state index contributed by atoms with van der Waals surface area (Å²) in [7, 11) is 1.10. The van der Waals surface area contributed by atoms with Crippen molar-refractivity contribution in [3.05, 3.63) is 135 Å². The molecule has 0 saturated carbocycles. The predicted molar refractivity (Wildman–Crippen MR) is 244 cm³/mol. The van der Waals surface area contributed by atoms with Gasteiger partial charge in [0.25, 0.3) is 29.3 Å². The van der Waals surface area contributed by atoms with Gasteiger partial charge in [0.15, 0.2) is 29.1 Å². The second-order valence-corrected chi connectivity index (χ2v) is 15.1. The molecule has 68 heavy (non-hydrogen) atoms. The number of carbonyl (C=O) groups is 7. The highest BCUT2D eigenvalue weighted by Gasteiger charge is 2.35. The lowest BCUT2D eigenvalue weighted by molar-refractivity contribution is -0.384. The lowest BCUT2D eigenvalue weighted by Gasteiger charge is -2.24. The number of phenolic OH excluding ortho intramolecular Hbond substituents is 1. The van der Waals surface area contributed by atoms with Crippen LogP contribution < -0.4 is 41.8 Å². The lowest BCUT2D eigenvalue weighted by atomic mass is 10.1. The number of carboxylic acid groups (broad SMARTS) is 1. The number of ether oxygens (including phenoxy) is 3. The zero-order chi connectivity index (χ0) is 50.0. The van der Waals surface area contributed by atoms with E-state index < -0.39 is 87.8 Å². The Kier molecular flexibility index (Phi) is 16.0. The van der Waals surface area contributed by atoms with Crippen LogP contribution in [0.1, 0.15) is 79.5 Å². The molecule has 354 valence electrons. The SMILES string of the molecule is COC(C(N)=O)C(NC(=O)c1ccc(NC(=O)c2ccc([N+](=O)[O-])cc2)cc1)C(=O)Nc1ccc(C(=O)Nc2ccc(C(=O)Nc3ccc(C(=O)O)c(O)c3OC(C)C)c(O)c2OC(C)C)cc1. The minimum Gasteiger partial charge on any atom is -0.504 e. The van der Waals surface area contributed by atoms with E-state index in [1.165, 1.54) is 91.0 Å². The van der Waals surface area contributed by atoms with E-state index in [4.69, 9.17) is 19.9 Å². The van der Waals surface area contributed by atoms with Crippen LogP contribution in [0.3, 0.4) is 0 Å². The van der Waals surface area contributed by atoms with E-state index in [-0.39, 0.29) is 62.2 Å². The van der Waals surface area contributed by atoms with Gasteiger partial charge in [0, 0.05) is 47.3 Å². The van der Waals surface area contributed by atoms with E-state index in [1.807, 2.05) is 0 Å². The molecule has 0 saturated heterocycles. The number of nitro benzene ring substituents is 1. The molecule has 22 heteroatoms. The highest BCUT2D eigenvalue weighted by Crippen LogP contribution is 2.41. The molecular weight excluding hydrogens is 891 g/mol. The van der Waals surface area contributed by atoms with E-state index in [0.29, 0.717) is 0 Å². The Morgan fingerprint density at radius 1 is 0.588 bits per heavy atom. The third-order valence-corrected chi connectivity index (χ3v) is 9.51. The van der Waals surface area contributed by atoms with Crippen molar-refractivity contribution < 1.29 is 68.0 Å². The van der Waals surface area contributed by atoms with Crippen molar-refractivity contribution in [2.75, 3.05) is 28.4 Å². The number of carboxylic acids is 1. The summed E-state index contributed by atoms with van der Waals surface area (Å²) >= 11 is 0. The molecule has 5 rings (SSSR count). The van der Waals surface area contributed by atoms with Crippen molar-refractivity contribution in [1.29, 1.82) is 0 Å². The molecule has 2 atom stereocenters. The molecule has 0 aromatic heterocycles. The Bertz CT molecular complexity index is 2760. The minimum atomic E-state index is -1.67. The number of rotatable bonds is 19. The number of hydrogen-bond acceptors (Lipinski definition) is 14. The van der Waals surface area contributed by atoms with E-state index >= 15 is 0 Å². The highest BCUT2D eigenvalue weighted by molar-refractivity contribution is 6.11. The molecule has 10 N–H and O–H groups in total. The fraction of sp³-hybridized carbons (Fsp3) is 0.196. The maximum atomic E-state index is 13.6. The summed E-state index contributed by atoms with van der Waals surface area (Å²) in [6.45, 7) is 6.51. The van der Waals surface area contributed by atoms with Crippen LogP contribution in [0.5, 0.6) is 23.0 Å². The van der Waals surface area contributed by atoms with Gasteiger partial charge in [-0.05, 0) is 113 Å². The maximum Gasteiger partial charge on any atom is 0.339 e. The standard InChI is InChI=1S/C46H45N7O15/c1-22(2)67-37-32(20-18-30(35(37)54)44(60)51-33-21-19-31(46(62)63)36(55)38(33)68-23(3)4)50-42(58)24-6-14-28(15-7-24)49-45(61)34(39(66-5)40(47)56)52-43(59)25-8-12-27(13-9-25)48-41(57)26-10-16-29(17-11-26)53(64)65/h6-23,34,39,54-55H,1-5H3,(H2,47,56)(H,48,57)(H,49,61)(H,50,58)(H,51,60)(H,52,59)(H,62,63). The molecule has 0 bridgehead atoms. The number of aromatic carboxylic acids is 1. The summed E-state index contributed by atoms with van der Waals surface area (Å²) < 4.78 is 16.5. The van der Waals surface area contributed by atoms with Crippen LogP contribution >= 0.6 is 0 Å². The summed E-state index contributed by atoms with van der Waals surface area (Å²) in [4.78, 5) is 101. The van der Waals surface area contributed by atoms with Crippen LogP contribution in [-0.4, -0.2) is 93.1 Å². The zero-order valence-corrected chi connectivity index (χ0v) is 36.8. The van der Waals surface area contributed by atoms with Gasteiger partial charge >= 0.3 is 5.97 Å². The van der Waals surface area contributed by atoms with Crippen molar-refractivity contribution in [1.82, 2.24) is 5.32 Å². The van der Waals surface area contributed by atoms with E-state index in [9.17, 15) is 59.0 Å². The lowest BCUT2D eigenvalue weighted by Crippen LogP contribution is -2.56. The molecule has 0 aliphatic carbocycles. The molecule has 0 spiro atoms. The summed E-state index contributed by atoms with van der Waals surface area (Å²) in [6, 6.07) is 18.8. The van der Waals surface area contributed by atoms with Crippen LogP contribution in [0.2, 0.25) is 0 Å². The van der Waals surface area contributed by atoms with Crippen molar-refractivity contribution in [3.8, 4) is 23.0 Å². The maximum absolute atomic E-state index is 13.6. The predicted octanol–water partition coefficient (Wildman–Crippen LogP) is 5.27. The van der Waals surface area contributed by atoms with Gasteiger partial charge < -0.3 is 61.8 Å². The molecule has 0 aliphatic heterocycles. The van der Waals surface area contributed by atoms with Gasteiger partial charge in [-0.1, -0.05) is 0 Å². The number of carbonyl (C=O) groups excluding carboxylic acids is 6. The first-order chi connectivity index (χ1) is 32.2. The van der Waals surface area contributed by atoms with Crippen LogP contribution in [-0.2, 0) is 14.3 Å². The van der Waals surface area contributed by atoms with Crippen molar-refractivity contribution in [3.63, 3.8) is 0 Å². The van der Waals surface area contributed by atoms with E-state index in [0.717, 1.165) is 13.2 Å². The second-order valence-electron chi connectivity index (χ2n) is 15.1. The number of methoxy groups -OCH3 is 1. The summed E-state index contributed by atoms with van der Waals surface area (Å²) in [5.41, 5.74) is 4.95. The average molecular weight is 936 g/mol. The Morgan fingerprint density at radius 2 is 1.01 bits per heavy atom. The highest BCUT2D eigenvalue weighted by atomic mass is 16.6. The first-order valence-electron chi connectivity index (χ1n) is 20.3. The van der Waals surface area contributed by atoms with Crippen LogP contribution in [0.4, 0.5) is 28.4 Å². The van der Waals surface area contributed by atoms with Gasteiger partial charge in [0.2, 0.25) is 11.8 Å². The number of benzene rings is 5. The number of nitrogens with one attached hydrogen (secondary N) is 5. The zero-order valence-electron chi connectivity index (χ0n) is 36.8. The number of primary amides is 1. The number of anilines is 4. The number of nitrogens with zero attached hydrogens (tertiary/aromatic N) is 1. The Hall–Kier alpha value is -9.05. The van der Waals surface area contributed by atoms with Crippen LogP contribution in [0, 0.1) is 10.1 Å². The molecule has 2 unspecified atom stereocenters. The normalized spacial score (nSPS) is 11.7. The third-order valence-electron chi connectivity index (χ3n) is 9.51. The Labute approximate surface area is 386 Å². The summed E-state index contributed by atoms with van der Waals surface area (Å²) in [5.74, 6) is -8.45. The molecule has 0 fully saturated rings. The number of nitro groups is 1. The number of amides is 6. The van der Waals surface area contributed by atoms with Gasteiger partial charge in [-0.15, -0.1) is 0 Å². The molecular formula is C46H45N7O15. The van der Waals surface area contributed by atoms with Gasteiger partial charge in [0.05, 0.1) is 34.1 Å². The largest absolute Gasteiger partial charge is 0.504 e. The molecule has 6 amide bonds. The Morgan fingerprint density at radius 3 is 1.47 bits per heavy atom. The number of non-ortho nitro benzene ring substituents is 1. The number of nitrogens with two attached hydrogens (primary N) is 1. The molecule has 0 aliphatic rings. The van der Waals surface area contributed by atoms with Gasteiger partial charge in [-0.2, -0.15) is 0 Å². The molecule has 0 heterocycles. The molecule has 5 aromatic rings. The quantitative estimate of drug-likeness (QED) is 0.0376. The topological polar surface area (TPSA) is 337 Å². The minimum absolute atomic E-state index is 0.00995. The Balaban J connectivity index is 1.28. The fourth-order valence-electron chi connectivity index (χ4n) is 6.28. The van der Waals surface area contributed by atoms with Gasteiger partial charge in [0.1, 0.15) is 11.6 Å². The first-order valence-corrected chi connectivity index (χ1v) is 20.3. The molecule has 22 nitrogen and oxygen atoms in total. The third kappa shape index (κ3) is 12.2. The smallest absolute Gasteiger partial charge is 0.339 e. The summed E-state index contributed by atoms with van der Waals surface area (Å²) in [5, 5.41) is 54.9. The second kappa shape index (κ2) is 21.8. The molecule has 5 aromatic carbocycles. The van der Waals surface area contributed by atoms with Crippen LogP contribution in [0.15, 0.2) is 97.1 Å². The van der Waals surface area contributed by atoms with E-state index in [2.05, 4.69) is 26.6 Å². The monoisotopic (exact) mass is 935 g/mol. The average Bonchev–Trinajstić information content (AvgIpc) is 3.28. The first kappa shape index (κ1) is 50.0. The van der Waals surface area contributed by atoms with Crippen molar-refractivity contribution in [2.24, 2.45) is 5.73 Å². The number of phenols is 2.